The van der Waals surface area contributed by atoms with Crippen LogP contribution in [0, 0.1) is 5.82 Å². The standard InChI is InChI=1S/C12H17FN2O/c1-9(5-4-8-14)15-12(16)10-6-2-3-7-11(10)13/h2-3,6-7,9H,4-5,8,14H2,1H3,(H,15,16). The molecule has 0 radical (unpaired) electrons. The van der Waals surface area contributed by atoms with Crippen LogP contribution in [0.1, 0.15) is 30.1 Å². The molecular weight excluding hydrogens is 207 g/mol. The van der Waals surface area contributed by atoms with Gasteiger partial charge in [-0.3, -0.25) is 4.79 Å². The van der Waals surface area contributed by atoms with Crippen molar-refractivity contribution in [3.8, 4) is 0 Å². The molecule has 1 aromatic rings. The van der Waals surface area contributed by atoms with Crippen LogP contribution in [0.3, 0.4) is 0 Å². The lowest BCUT2D eigenvalue weighted by molar-refractivity contribution is 0.0934. The van der Waals surface area contributed by atoms with Crippen LogP contribution in [-0.2, 0) is 0 Å². The molecule has 4 heteroatoms. The van der Waals surface area contributed by atoms with Crippen molar-refractivity contribution in [2.24, 2.45) is 5.73 Å². The smallest absolute Gasteiger partial charge is 0.254 e. The summed E-state index contributed by atoms with van der Waals surface area (Å²) in [6, 6.07) is 5.96. The Morgan fingerprint density at radius 1 is 1.50 bits per heavy atom. The van der Waals surface area contributed by atoms with Gasteiger partial charge in [0.2, 0.25) is 0 Å². The monoisotopic (exact) mass is 224 g/mol. The average molecular weight is 224 g/mol. The first-order valence-electron chi connectivity index (χ1n) is 5.40. The molecular formula is C12H17FN2O. The van der Waals surface area contributed by atoms with Crippen LogP contribution in [0.25, 0.3) is 0 Å². The van der Waals surface area contributed by atoms with E-state index < -0.39 is 5.82 Å². The van der Waals surface area contributed by atoms with Crippen LogP contribution in [0.2, 0.25) is 0 Å². The van der Waals surface area contributed by atoms with E-state index in [9.17, 15) is 9.18 Å². The number of benzene rings is 1. The zero-order valence-corrected chi connectivity index (χ0v) is 9.37. The Balaban J connectivity index is 2.56. The summed E-state index contributed by atoms with van der Waals surface area (Å²) in [4.78, 5) is 11.7. The fourth-order valence-corrected chi connectivity index (χ4v) is 1.44. The first kappa shape index (κ1) is 12.6. The summed E-state index contributed by atoms with van der Waals surface area (Å²) in [6.07, 6.45) is 1.65. The van der Waals surface area contributed by atoms with E-state index in [1.165, 1.54) is 12.1 Å². The van der Waals surface area contributed by atoms with Gasteiger partial charge in [0.05, 0.1) is 5.56 Å². The van der Waals surface area contributed by atoms with Crippen molar-refractivity contribution in [1.29, 1.82) is 0 Å². The molecule has 0 heterocycles. The highest BCUT2D eigenvalue weighted by Gasteiger charge is 2.12. The fraction of sp³-hybridized carbons (Fsp3) is 0.417. The molecule has 16 heavy (non-hydrogen) atoms. The van der Waals surface area contributed by atoms with E-state index in [-0.39, 0.29) is 17.5 Å². The minimum absolute atomic E-state index is 0.00987. The van der Waals surface area contributed by atoms with Gasteiger partial charge in [-0.2, -0.15) is 0 Å². The van der Waals surface area contributed by atoms with Gasteiger partial charge in [-0.1, -0.05) is 12.1 Å². The van der Waals surface area contributed by atoms with Crippen LogP contribution in [0.15, 0.2) is 24.3 Å². The van der Waals surface area contributed by atoms with E-state index in [1.807, 2.05) is 6.92 Å². The van der Waals surface area contributed by atoms with E-state index in [4.69, 9.17) is 5.73 Å². The summed E-state index contributed by atoms with van der Waals surface area (Å²) in [5.74, 6) is -0.867. The average Bonchev–Trinajstić information content (AvgIpc) is 2.26. The fourth-order valence-electron chi connectivity index (χ4n) is 1.44. The van der Waals surface area contributed by atoms with Crippen LogP contribution < -0.4 is 11.1 Å². The number of nitrogens with two attached hydrogens (primary N) is 1. The molecule has 88 valence electrons. The van der Waals surface area contributed by atoms with Crippen LogP contribution in [0.5, 0.6) is 0 Å². The zero-order chi connectivity index (χ0) is 12.0. The summed E-state index contributed by atoms with van der Waals surface area (Å²) in [5.41, 5.74) is 5.46. The highest BCUT2D eigenvalue weighted by Crippen LogP contribution is 2.07. The molecule has 3 nitrogen and oxygen atoms in total. The number of hydrogen-bond donors (Lipinski definition) is 2. The molecule has 1 unspecified atom stereocenters. The summed E-state index contributed by atoms with van der Waals surface area (Å²) >= 11 is 0. The third-order valence-electron chi connectivity index (χ3n) is 2.34. The van der Waals surface area contributed by atoms with Crippen LogP contribution in [0.4, 0.5) is 4.39 Å². The van der Waals surface area contributed by atoms with Gasteiger partial charge >= 0.3 is 0 Å². The van der Waals surface area contributed by atoms with E-state index in [2.05, 4.69) is 5.32 Å². The number of halogens is 1. The summed E-state index contributed by atoms with van der Waals surface area (Å²) in [6.45, 7) is 2.48. The van der Waals surface area contributed by atoms with E-state index in [0.717, 1.165) is 12.8 Å². The minimum Gasteiger partial charge on any atom is -0.349 e. The molecule has 0 fully saturated rings. The van der Waals surface area contributed by atoms with Crippen molar-refractivity contribution in [3.63, 3.8) is 0 Å². The lowest BCUT2D eigenvalue weighted by Gasteiger charge is -2.13. The van der Waals surface area contributed by atoms with Gasteiger partial charge < -0.3 is 11.1 Å². The normalized spacial score (nSPS) is 12.2. The maximum Gasteiger partial charge on any atom is 0.254 e. The van der Waals surface area contributed by atoms with Gasteiger partial charge in [0.25, 0.3) is 5.91 Å². The molecule has 0 aliphatic carbocycles. The predicted octanol–water partition coefficient (Wildman–Crippen LogP) is 1.68. The van der Waals surface area contributed by atoms with Crippen molar-refractivity contribution in [2.75, 3.05) is 6.54 Å². The molecule has 1 amide bonds. The molecule has 1 aromatic carbocycles. The van der Waals surface area contributed by atoms with Gasteiger partial charge in [0.15, 0.2) is 0 Å². The third kappa shape index (κ3) is 3.62. The molecule has 0 saturated heterocycles. The molecule has 0 saturated carbocycles. The number of carbonyl (C=O) groups is 1. The molecule has 0 aliphatic heterocycles. The maximum absolute atomic E-state index is 13.3. The molecule has 0 aromatic heterocycles. The second-order valence-corrected chi connectivity index (χ2v) is 3.79. The van der Waals surface area contributed by atoms with Gasteiger partial charge in [0, 0.05) is 6.04 Å². The molecule has 0 spiro atoms. The van der Waals surface area contributed by atoms with Gasteiger partial charge in [0.1, 0.15) is 5.82 Å². The highest BCUT2D eigenvalue weighted by molar-refractivity contribution is 5.94. The summed E-state index contributed by atoms with van der Waals surface area (Å²) < 4.78 is 13.3. The molecule has 3 N–H and O–H groups in total. The molecule has 1 atom stereocenters. The predicted molar refractivity (Wildman–Crippen MR) is 61.6 cm³/mol. The first-order valence-corrected chi connectivity index (χ1v) is 5.40. The van der Waals surface area contributed by atoms with E-state index >= 15 is 0 Å². The van der Waals surface area contributed by atoms with Gasteiger partial charge in [-0.25, -0.2) is 4.39 Å². The van der Waals surface area contributed by atoms with Crippen LogP contribution >= 0.6 is 0 Å². The third-order valence-corrected chi connectivity index (χ3v) is 2.34. The van der Waals surface area contributed by atoms with E-state index in [0.29, 0.717) is 6.54 Å². The lowest BCUT2D eigenvalue weighted by atomic mass is 10.1. The lowest BCUT2D eigenvalue weighted by Crippen LogP contribution is -2.33. The van der Waals surface area contributed by atoms with Gasteiger partial charge in [-0.15, -0.1) is 0 Å². The van der Waals surface area contributed by atoms with E-state index in [1.54, 1.807) is 12.1 Å². The van der Waals surface area contributed by atoms with Crippen molar-refractivity contribution in [3.05, 3.63) is 35.6 Å². The van der Waals surface area contributed by atoms with Gasteiger partial charge in [-0.05, 0) is 38.4 Å². The molecule has 0 aliphatic rings. The number of nitrogens with one attached hydrogen (secondary N) is 1. The largest absolute Gasteiger partial charge is 0.349 e. The Morgan fingerprint density at radius 2 is 2.19 bits per heavy atom. The zero-order valence-electron chi connectivity index (χ0n) is 9.37. The second-order valence-electron chi connectivity index (χ2n) is 3.79. The SMILES string of the molecule is CC(CCCN)NC(=O)c1ccccc1F. The maximum atomic E-state index is 13.3. The van der Waals surface area contributed by atoms with Crippen molar-refractivity contribution >= 4 is 5.91 Å². The Kier molecular flexibility index (Phi) is 4.92. The molecule has 1 rings (SSSR count). The second kappa shape index (κ2) is 6.23. The highest BCUT2D eigenvalue weighted by atomic mass is 19.1. The van der Waals surface area contributed by atoms with Crippen molar-refractivity contribution in [1.82, 2.24) is 5.32 Å². The Bertz CT molecular complexity index is 355. The topological polar surface area (TPSA) is 55.1 Å². The first-order chi connectivity index (χ1) is 7.65. The van der Waals surface area contributed by atoms with Crippen molar-refractivity contribution in [2.45, 2.75) is 25.8 Å². The summed E-state index contributed by atoms with van der Waals surface area (Å²) in [7, 11) is 0. The minimum atomic E-state index is -0.494. The number of rotatable bonds is 5. The Hall–Kier alpha value is -1.42. The number of hydrogen-bond acceptors (Lipinski definition) is 2. The number of carbonyl (C=O) groups excluding carboxylic acids is 1. The summed E-state index contributed by atoms with van der Waals surface area (Å²) in [5, 5.41) is 2.74. The number of amides is 1. The quantitative estimate of drug-likeness (QED) is 0.799. The Labute approximate surface area is 94.8 Å². The van der Waals surface area contributed by atoms with Crippen LogP contribution in [-0.4, -0.2) is 18.5 Å². The molecule has 0 bridgehead atoms. The Morgan fingerprint density at radius 3 is 2.81 bits per heavy atom. The van der Waals surface area contributed by atoms with Crippen molar-refractivity contribution < 1.29 is 9.18 Å².